The van der Waals surface area contributed by atoms with Gasteiger partial charge in [0.1, 0.15) is 5.82 Å². The van der Waals surface area contributed by atoms with Crippen LogP contribution in [0.3, 0.4) is 0 Å². The summed E-state index contributed by atoms with van der Waals surface area (Å²) in [5, 5.41) is 7.10. The monoisotopic (exact) mass is 284 g/mol. The van der Waals surface area contributed by atoms with Gasteiger partial charge in [-0.3, -0.25) is 4.57 Å². The lowest BCUT2D eigenvalue weighted by molar-refractivity contribution is 0.747. The fourth-order valence-electron chi connectivity index (χ4n) is 1.99. The molecular weight excluding hydrogens is 268 g/mol. The molecular formula is C13H16N8. The minimum Gasteiger partial charge on any atom is -0.357 e. The second-order valence-corrected chi connectivity index (χ2v) is 4.42. The lowest BCUT2D eigenvalue weighted by atomic mass is 10.3. The van der Waals surface area contributed by atoms with E-state index in [1.54, 1.807) is 30.3 Å². The van der Waals surface area contributed by atoms with Crippen LogP contribution >= 0.6 is 0 Å². The molecule has 8 nitrogen and oxygen atoms in total. The Balaban J connectivity index is 2.09. The van der Waals surface area contributed by atoms with Gasteiger partial charge in [-0.15, -0.1) is 0 Å². The normalized spacial score (nSPS) is 10.8. The lowest BCUT2D eigenvalue weighted by Gasteiger charge is -2.09. The third kappa shape index (κ3) is 2.60. The number of aromatic nitrogens is 7. The van der Waals surface area contributed by atoms with E-state index in [9.17, 15) is 0 Å². The van der Waals surface area contributed by atoms with Crippen LogP contribution in [0.4, 0.5) is 5.95 Å². The van der Waals surface area contributed by atoms with E-state index >= 15 is 0 Å². The molecule has 0 bridgehead atoms. The van der Waals surface area contributed by atoms with Crippen molar-refractivity contribution in [3.05, 3.63) is 36.7 Å². The Kier molecular flexibility index (Phi) is 3.59. The van der Waals surface area contributed by atoms with E-state index < -0.39 is 0 Å². The van der Waals surface area contributed by atoms with Crippen LogP contribution in [0.5, 0.6) is 0 Å². The topological polar surface area (TPSA) is 86.3 Å². The van der Waals surface area contributed by atoms with Crippen molar-refractivity contribution in [2.45, 2.75) is 19.8 Å². The Bertz CT molecular complexity index is 716. The van der Waals surface area contributed by atoms with Crippen LogP contribution in [0.1, 0.15) is 19.2 Å². The quantitative estimate of drug-likeness (QED) is 0.758. The van der Waals surface area contributed by atoms with E-state index in [0.717, 1.165) is 18.7 Å². The summed E-state index contributed by atoms with van der Waals surface area (Å²) in [6.45, 7) is 2.11. The van der Waals surface area contributed by atoms with E-state index in [2.05, 4.69) is 37.3 Å². The molecule has 108 valence electrons. The average Bonchev–Trinajstić information content (AvgIpc) is 3.18. The van der Waals surface area contributed by atoms with E-state index in [4.69, 9.17) is 0 Å². The van der Waals surface area contributed by atoms with Crippen molar-refractivity contribution in [1.29, 1.82) is 0 Å². The zero-order valence-corrected chi connectivity index (χ0v) is 11.9. The smallest absolute Gasteiger partial charge is 0.257 e. The van der Waals surface area contributed by atoms with Crippen LogP contribution in [0.2, 0.25) is 0 Å². The summed E-state index contributed by atoms with van der Waals surface area (Å²) in [6, 6.07) is 1.82. The Morgan fingerprint density at radius 2 is 1.95 bits per heavy atom. The Labute approximate surface area is 121 Å². The van der Waals surface area contributed by atoms with Gasteiger partial charge < -0.3 is 5.32 Å². The van der Waals surface area contributed by atoms with Crippen LogP contribution in [-0.2, 0) is 6.42 Å². The maximum Gasteiger partial charge on any atom is 0.257 e. The van der Waals surface area contributed by atoms with Crippen LogP contribution in [0, 0.1) is 0 Å². The summed E-state index contributed by atoms with van der Waals surface area (Å²) in [5.74, 6) is 2.41. The molecule has 0 atom stereocenters. The summed E-state index contributed by atoms with van der Waals surface area (Å²) in [6.07, 6.45) is 8.95. The van der Waals surface area contributed by atoms with Crippen LogP contribution in [0.25, 0.3) is 11.9 Å². The van der Waals surface area contributed by atoms with Gasteiger partial charge in [0.25, 0.3) is 5.95 Å². The zero-order valence-electron chi connectivity index (χ0n) is 11.9. The highest BCUT2D eigenvalue weighted by atomic mass is 15.4. The number of anilines is 1. The first-order valence-corrected chi connectivity index (χ1v) is 6.78. The number of aryl methyl sites for hydroxylation is 1. The van der Waals surface area contributed by atoms with Crippen molar-refractivity contribution in [3.63, 3.8) is 0 Å². The molecule has 0 amide bonds. The summed E-state index contributed by atoms with van der Waals surface area (Å²) in [4.78, 5) is 17.5. The first-order valence-electron chi connectivity index (χ1n) is 6.78. The van der Waals surface area contributed by atoms with Gasteiger partial charge in [0.2, 0.25) is 11.9 Å². The molecule has 0 aromatic carbocycles. The molecule has 0 aliphatic carbocycles. The second kappa shape index (κ2) is 5.70. The van der Waals surface area contributed by atoms with Gasteiger partial charge in [0.15, 0.2) is 0 Å². The van der Waals surface area contributed by atoms with E-state index in [1.807, 2.05) is 16.8 Å². The number of nitrogens with zero attached hydrogens (tertiary/aromatic N) is 7. The van der Waals surface area contributed by atoms with Gasteiger partial charge in [-0.25, -0.2) is 9.67 Å². The van der Waals surface area contributed by atoms with Gasteiger partial charge in [0.05, 0.1) is 0 Å². The Morgan fingerprint density at radius 1 is 1.10 bits per heavy atom. The first-order chi connectivity index (χ1) is 10.3. The fourth-order valence-corrected chi connectivity index (χ4v) is 1.99. The van der Waals surface area contributed by atoms with E-state index in [-0.39, 0.29) is 0 Å². The van der Waals surface area contributed by atoms with Crippen molar-refractivity contribution in [2.75, 3.05) is 12.4 Å². The predicted molar refractivity (Wildman–Crippen MR) is 77.6 cm³/mol. The van der Waals surface area contributed by atoms with Crippen LogP contribution in [0.15, 0.2) is 30.9 Å². The Hall–Kier alpha value is -2.77. The number of hydrogen-bond donors (Lipinski definition) is 1. The van der Waals surface area contributed by atoms with Crippen molar-refractivity contribution in [1.82, 2.24) is 34.3 Å². The van der Waals surface area contributed by atoms with E-state index in [0.29, 0.717) is 17.8 Å². The molecule has 0 spiro atoms. The van der Waals surface area contributed by atoms with Crippen molar-refractivity contribution < 1.29 is 0 Å². The molecule has 3 aromatic rings. The third-order valence-corrected chi connectivity index (χ3v) is 2.95. The molecule has 0 fully saturated rings. The molecule has 3 aromatic heterocycles. The summed E-state index contributed by atoms with van der Waals surface area (Å²) < 4.78 is 3.47. The van der Waals surface area contributed by atoms with Crippen molar-refractivity contribution in [3.8, 4) is 11.9 Å². The Morgan fingerprint density at radius 3 is 2.67 bits per heavy atom. The van der Waals surface area contributed by atoms with Gasteiger partial charge >= 0.3 is 0 Å². The van der Waals surface area contributed by atoms with Gasteiger partial charge in [0, 0.05) is 38.3 Å². The summed E-state index contributed by atoms with van der Waals surface area (Å²) >= 11 is 0. The number of hydrogen-bond acceptors (Lipinski definition) is 6. The molecule has 1 N–H and O–H groups in total. The predicted octanol–water partition coefficient (Wildman–Crippen LogP) is 1.24. The summed E-state index contributed by atoms with van der Waals surface area (Å²) in [7, 11) is 1.77. The maximum absolute atomic E-state index is 4.47. The molecule has 3 heterocycles. The molecule has 0 saturated heterocycles. The van der Waals surface area contributed by atoms with Crippen molar-refractivity contribution >= 4 is 5.95 Å². The third-order valence-electron chi connectivity index (χ3n) is 2.95. The standard InChI is InChI=1S/C13H16N8/c1-3-5-10-15-7-9-20(10)12-17-11(14-2)18-13(19-12)21-8-4-6-16-21/h4,6-9H,3,5H2,1-2H3,(H,14,17,18,19). The minimum absolute atomic E-state index is 0.463. The lowest BCUT2D eigenvalue weighted by Crippen LogP contribution is -2.12. The van der Waals surface area contributed by atoms with Crippen LogP contribution in [-0.4, -0.2) is 41.3 Å². The first kappa shape index (κ1) is 13.2. The molecule has 3 rings (SSSR count). The highest BCUT2D eigenvalue weighted by Crippen LogP contribution is 2.11. The maximum atomic E-state index is 4.47. The molecule has 0 aliphatic heterocycles. The van der Waals surface area contributed by atoms with Gasteiger partial charge in [-0.2, -0.15) is 20.1 Å². The minimum atomic E-state index is 0.463. The molecule has 0 radical (unpaired) electrons. The summed E-state index contributed by atoms with van der Waals surface area (Å²) in [5.41, 5.74) is 0. The van der Waals surface area contributed by atoms with Crippen molar-refractivity contribution in [2.24, 2.45) is 0 Å². The fraction of sp³-hybridized carbons (Fsp3) is 0.308. The molecule has 21 heavy (non-hydrogen) atoms. The SMILES string of the molecule is CCCc1nccn1-c1nc(NC)nc(-n2cccn2)n1. The molecule has 0 unspecified atom stereocenters. The number of rotatable bonds is 5. The highest BCUT2D eigenvalue weighted by Gasteiger charge is 2.12. The van der Waals surface area contributed by atoms with Gasteiger partial charge in [-0.1, -0.05) is 6.92 Å². The molecule has 0 saturated carbocycles. The average molecular weight is 284 g/mol. The highest BCUT2D eigenvalue weighted by molar-refractivity contribution is 5.32. The number of imidazole rings is 1. The van der Waals surface area contributed by atoms with Crippen LogP contribution < -0.4 is 5.32 Å². The number of nitrogens with one attached hydrogen (secondary N) is 1. The molecule has 0 aliphatic rings. The van der Waals surface area contributed by atoms with E-state index in [1.165, 1.54) is 0 Å². The second-order valence-electron chi connectivity index (χ2n) is 4.42. The largest absolute Gasteiger partial charge is 0.357 e. The van der Waals surface area contributed by atoms with Gasteiger partial charge in [-0.05, 0) is 12.5 Å². The molecule has 8 heteroatoms. The zero-order chi connectivity index (χ0) is 14.7.